The minimum atomic E-state index is -1.12. The van der Waals surface area contributed by atoms with Crippen molar-refractivity contribution in [2.45, 2.75) is 19.0 Å². The van der Waals surface area contributed by atoms with E-state index in [2.05, 4.69) is 10.2 Å². The Morgan fingerprint density at radius 3 is 2.63 bits per heavy atom. The van der Waals surface area contributed by atoms with Crippen LogP contribution < -0.4 is 5.32 Å². The third-order valence-electron chi connectivity index (χ3n) is 5.69. The Kier molecular flexibility index (Phi) is 5.81. The van der Waals surface area contributed by atoms with Gasteiger partial charge in [-0.05, 0) is 47.0 Å². The smallest absolute Gasteiger partial charge is 0.325 e. The number of nitrogens with zero attached hydrogens (tertiary/aromatic N) is 3. The number of hydrogen-bond donors (Lipinski definition) is 1. The summed E-state index contributed by atoms with van der Waals surface area (Å²) in [7, 11) is 0. The van der Waals surface area contributed by atoms with Gasteiger partial charge in [0.05, 0.1) is 0 Å². The molecule has 4 rings (SSSR count). The van der Waals surface area contributed by atoms with E-state index in [4.69, 9.17) is 11.6 Å². The molecular weight excluding hydrogens is 424 g/mol. The molecule has 4 amide bonds. The van der Waals surface area contributed by atoms with Crippen molar-refractivity contribution in [3.05, 3.63) is 57.2 Å². The molecule has 158 valence electrons. The van der Waals surface area contributed by atoms with E-state index in [-0.39, 0.29) is 18.4 Å². The lowest BCUT2D eigenvalue weighted by Gasteiger charge is -2.35. The van der Waals surface area contributed by atoms with Crippen LogP contribution in [0.15, 0.2) is 41.1 Å². The normalized spacial score (nSPS) is 22.5. The van der Waals surface area contributed by atoms with Crippen molar-refractivity contribution in [1.29, 1.82) is 0 Å². The Labute approximate surface area is 184 Å². The van der Waals surface area contributed by atoms with Crippen molar-refractivity contribution in [2.24, 2.45) is 0 Å². The molecule has 0 radical (unpaired) electrons. The van der Waals surface area contributed by atoms with E-state index in [0.717, 1.165) is 35.7 Å². The molecule has 2 fully saturated rings. The third-order valence-corrected chi connectivity index (χ3v) is 6.61. The molecule has 0 aliphatic carbocycles. The maximum absolute atomic E-state index is 12.9. The van der Waals surface area contributed by atoms with Gasteiger partial charge in [0.15, 0.2) is 0 Å². The minimum Gasteiger partial charge on any atom is -0.339 e. The Hall–Kier alpha value is -2.42. The summed E-state index contributed by atoms with van der Waals surface area (Å²) >= 11 is 7.51. The summed E-state index contributed by atoms with van der Waals surface area (Å²) in [6.07, 6.45) is 0. The molecule has 2 saturated heterocycles. The van der Waals surface area contributed by atoms with E-state index in [1.807, 2.05) is 41.1 Å². The lowest BCUT2D eigenvalue weighted by molar-refractivity contribution is -0.139. The van der Waals surface area contributed by atoms with Crippen LogP contribution in [-0.4, -0.2) is 65.3 Å². The van der Waals surface area contributed by atoms with Crippen molar-refractivity contribution in [3.8, 4) is 0 Å². The number of amides is 4. The summed E-state index contributed by atoms with van der Waals surface area (Å²) in [5.74, 6) is -0.602. The number of hydrogen-bond acceptors (Lipinski definition) is 5. The largest absolute Gasteiger partial charge is 0.339 e. The number of carbonyl (C=O) groups excluding carboxylic acids is 3. The molecule has 3 heterocycles. The second kappa shape index (κ2) is 8.37. The monoisotopic (exact) mass is 446 g/mol. The number of nitrogens with one attached hydrogen (secondary N) is 1. The van der Waals surface area contributed by atoms with Crippen LogP contribution in [0.3, 0.4) is 0 Å². The highest BCUT2D eigenvalue weighted by atomic mass is 35.5. The van der Waals surface area contributed by atoms with Crippen molar-refractivity contribution in [1.82, 2.24) is 20.0 Å². The van der Waals surface area contributed by atoms with Crippen molar-refractivity contribution in [2.75, 3.05) is 32.7 Å². The zero-order valence-electron chi connectivity index (χ0n) is 16.6. The molecule has 2 aromatic rings. The first-order valence-corrected chi connectivity index (χ1v) is 11.1. The molecular formula is C21H23ClN4O3S. The fourth-order valence-electron chi connectivity index (χ4n) is 3.87. The average Bonchev–Trinajstić information content (AvgIpc) is 3.33. The first-order valence-electron chi connectivity index (χ1n) is 9.78. The molecule has 30 heavy (non-hydrogen) atoms. The van der Waals surface area contributed by atoms with E-state index in [1.165, 1.54) is 11.3 Å². The van der Waals surface area contributed by atoms with Gasteiger partial charge in [-0.25, -0.2) is 4.79 Å². The van der Waals surface area contributed by atoms with E-state index in [1.54, 1.807) is 11.8 Å². The van der Waals surface area contributed by atoms with E-state index in [9.17, 15) is 14.4 Å². The standard InChI is InChI=1S/C21H23ClN4O3S/c1-21(16-5-10-30-14-16)19(28)26(20(29)23-21)13-18(27)25-8-6-24(7-9-25)12-15-3-2-4-17(22)11-15/h2-5,10-11,14H,6-9,12-13H2,1H3,(H,23,29)/t21-/m0/s1. The number of halogens is 1. The molecule has 0 saturated carbocycles. The fourth-order valence-corrected chi connectivity index (χ4v) is 4.85. The molecule has 0 bridgehead atoms. The Balaban J connectivity index is 1.33. The molecule has 2 aliphatic heterocycles. The van der Waals surface area contributed by atoms with E-state index >= 15 is 0 Å². The zero-order valence-corrected chi connectivity index (χ0v) is 18.2. The van der Waals surface area contributed by atoms with Crippen LogP contribution in [0.1, 0.15) is 18.1 Å². The van der Waals surface area contributed by atoms with Crippen LogP contribution in [0.2, 0.25) is 5.02 Å². The highest BCUT2D eigenvalue weighted by molar-refractivity contribution is 7.08. The van der Waals surface area contributed by atoms with Crippen molar-refractivity contribution in [3.63, 3.8) is 0 Å². The topological polar surface area (TPSA) is 73.0 Å². The van der Waals surface area contributed by atoms with Crippen LogP contribution in [0.5, 0.6) is 0 Å². The van der Waals surface area contributed by atoms with Gasteiger partial charge in [-0.1, -0.05) is 23.7 Å². The van der Waals surface area contributed by atoms with E-state index in [0.29, 0.717) is 18.1 Å². The molecule has 1 aromatic heterocycles. The van der Waals surface area contributed by atoms with Gasteiger partial charge in [0.2, 0.25) is 5.91 Å². The predicted octanol–water partition coefficient (Wildman–Crippen LogP) is 2.51. The minimum absolute atomic E-state index is 0.213. The van der Waals surface area contributed by atoms with Gasteiger partial charge in [0.25, 0.3) is 5.91 Å². The molecule has 1 N–H and O–H groups in total. The summed E-state index contributed by atoms with van der Waals surface area (Å²) in [5, 5.41) is 7.14. The van der Waals surface area contributed by atoms with Gasteiger partial charge >= 0.3 is 6.03 Å². The number of rotatable bonds is 5. The van der Waals surface area contributed by atoms with Crippen LogP contribution in [-0.2, 0) is 21.7 Å². The van der Waals surface area contributed by atoms with Crippen molar-refractivity contribution < 1.29 is 14.4 Å². The van der Waals surface area contributed by atoms with Gasteiger partial charge in [-0.2, -0.15) is 11.3 Å². The molecule has 2 aliphatic rings. The summed E-state index contributed by atoms with van der Waals surface area (Å²) in [5.41, 5.74) is 0.747. The second-order valence-electron chi connectivity index (χ2n) is 7.75. The van der Waals surface area contributed by atoms with Gasteiger partial charge in [0, 0.05) is 37.7 Å². The lowest BCUT2D eigenvalue weighted by atomic mass is 9.95. The fraction of sp³-hybridized carbons (Fsp3) is 0.381. The van der Waals surface area contributed by atoms with Gasteiger partial charge < -0.3 is 10.2 Å². The average molecular weight is 447 g/mol. The van der Waals surface area contributed by atoms with E-state index < -0.39 is 11.6 Å². The van der Waals surface area contributed by atoms with Crippen LogP contribution in [0.25, 0.3) is 0 Å². The van der Waals surface area contributed by atoms with Gasteiger partial charge in [-0.3, -0.25) is 19.4 Å². The highest BCUT2D eigenvalue weighted by Crippen LogP contribution is 2.30. The number of urea groups is 1. The number of imide groups is 1. The Morgan fingerprint density at radius 2 is 1.97 bits per heavy atom. The Morgan fingerprint density at radius 1 is 1.20 bits per heavy atom. The summed E-state index contributed by atoms with van der Waals surface area (Å²) < 4.78 is 0. The molecule has 7 nitrogen and oxygen atoms in total. The summed E-state index contributed by atoms with van der Waals surface area (Å²) in [6.45, 7) is 4.79. The summed E-state index contributed by atoms with van der Waals surface area (Å²) in [4.78, 5) is 43.1. The molecule has 1 atom stereocenters. The molecule has 1 aromatic carbocycles. The maximum Gasteiger partial charge on any atom is 0.325 e. The van der Waals surface area contributed by atoms with Crippen LogP contribution in [0.4, 0.5) is 4.79 Å². The van der Waals surface area contributed by atoms with Gasteiger partial charge in [-0.15, -0.1) is 0 Å². The number of piperazine rings is 1. The first kappa shape index (κ1) is 20.8. The molecule has 0 unspecified atom stereocenters. The SMILES string of the molecule is C[C@@]1(c2ccsc2)NC(=O)N(CC(=O)N2CCN(Cc3cccc(Cl)c3)CC2)C1=O. The second-order valence-corrected chi connectivity index (χ2v) is 8.96. The van der Waals surface area contributed by atoms with Crippen LogP contribution in [0, 0.1) is 0 Å². The van der Waals surface area contributed by atoms with Crippen LogP contribution >= 0.6 is 22.9 Å². The highest BCUT2D eigenvalue weighted by Gasteiger charge is 2.50. The van der Waals surface area contributed by atoms with Crippen molar-refractivity contribution >= 4 is 40.8 Å². The quantitative estimate of drug-likeness (QED) is 0.716. The first-order chi connectivity index (χ1) is 14.4. The Bertz CT molecular complexity index is 959. The maximum atomic E-state index is 12.9. The number of benzene rings is 1. The number of carbonyl (C=O) groups is 3. The third kappa shape index (κ3) is 4.08. The number of thiophene rings is 1. The molecule has 9 heteroatoms. The zero-order chi connectivity index (χ0) is 21.3. The lowest BCUT2D eigenvalue weighted by Crippen LogP contribution is -2.51. The summed E-state index contributed by atoms with van der Waals surface area (Å²) in [6, 6.07) is 9.04. The predicted molar refractivity (Wildman–Crippen MR) is 115 cm³/mol. The molecule has 0 spiro atoms. The van der Waals surface area contributed by atoms with Gasteiger partial charge in [0.1, 0.15) is 12.1 Å².